The summed E-state index contributed by atoms with van der Waals surface area (Å²) >= 11 is 0. The van der Waals surface area contributed by atoms with Crippen LogP contribution in [0, 0.1) is 11.6 Å². The maximum Gasteiger partial charge on any atom is 0.274 e. The van der Waals surface area contributed by atoms with Crippen molar-refractivity contribution in [2.45, 2.75) is 24.9 Å². The fourth-order valence-electron chi connectivity index (χ4n) is 5.87. The molecular formula is C36H40F2N10O8S2. The van der Waals surface area contributed by atoms with Crippen molar-refractivity contribution < 1.29 is 44.7 Å². The number of anilines is 2. The Labute approximate surface area is 333 Å². The molecule has 2 aromatic carbocycles. The Hall–Kier alpha value is -6.42. The molecule has 6 N–H and O–H groups in total. The number of pyridine rings is 2. The van der Waals surface area contributed by atoms with Gasteiger partial charge in [-0.05, 0) is 74.5 Å². The van der Waals surface area contributed by atoms with Crippen LogP contribution in [0.25, 0.3) is 0 Å². The number of rotatable bonds is 8. The molecule has 4 heterocycles. The molecule has 308 valence electrons. The Morgan fingerprint density at radius 3 is 1.33 bits per heavy atom. The van der Waals surface area contributed by atoms with Gasteiger partial charge in [0, 0.05) is 36.6 Å². The Kier molecular flexibility index (Phi) is 11.9. The van der Waals surface area contributed by atoms with Crippen LogP contribution in [0.2, 0.25) is 0 Å². The number of methoxy groups -OCH3 is 2. The summed E-state index contributed by atoms with van der Waals surface area (Å²) in [5.41, 5.74) is 9.33. The highest BCUT2D eigenvalue weighted by atomic mass is 32.2. The van der Waals surface area contributed by atoms with Gasteiger partial charge in [0.1, 0.15) is 45.6 Å². The van der Waals surface area contributed by atoms with Crippen LogP contribution >= 0.6 is 0 Å². The van der Waals surface area contributed by atoms with Gasteiger partial charge in [0.05, 0.1) is 38.1 Å². The lowest BCUT2D eigenvalue weighted by atomic mass is 9.93. The average Bonchev–Trinajstić information content (AvgIpc) is 3.17. The van der Waals surface area contributed by atoms with Gasteiger partial charge in [0.15, 0.2) is 0 Å². The normalized spacial score (nSPS) is 20.7. The Bertz CT molecular complexity index is 2350. The zero-order valence-corrected chi connectivity index (χ0v) is 33.7. The minimum absolute atomic E-state index is 0.00221. The number of aromatic nitrogens is 2. The third kappa shape index (κ3) is 9.07. The molecule has 2 aromatic heterocycles. The predicted molar refractivity (Wildman–Crippen MR) is 211 cm³/mol. The van der Waals surface area contributed by atoms with E-state index in [1.807, 2.05) is 0 Å². The minimum Gasteiger partial charge on any atom is -0.495 e. The number of guanidine groups is 2. The SMILES string of the molecule is COc1ccc(C(=O)Nc2ccc(F)c([C@]3(C)CS(=O)(=O)N(C)C(N)=N3)c2)nc1.COc1ccc(C(=O)Nc2ccc(F)c([C@]3(C)CS(=O)(=O)N(C)C(N)=N3)c2)nc1. The molecule has 0 aliphatic carbocycles. The number of nitrogens with zero attached hydrogens (tertiary/aromatic N) is 6. The molecule has 0 spiro atoms. The van der Waals surface area contributed by atoms with Gasteiger partial charge in [-0.1, -0.05) is 0 Å². The van der Waals surface area contributed by atoms with Gasteiger partial charge < -0.3 is 31.6 Å². The van der Waals surface area contributed by atoms with Crippen LogP contribution in [-0.4, -0.2) is 99.0 Å². The van der Waals surface area contributed by atoms with Crippen LogP contribution in [0.3, 0.4) is 0 Å². The van der Waals surface area contributed by atoms with Crippen molar-refractivity contribution in [2.75, 3.05) is 50.5 Å². The molecule has 2 aliphatic heterocycles. The lowest BCUT2D eigenvalue weighted by Gasteiger charge is -2.34. The highest BCUT2D eigenvalue weighted by molar-refractivity contribution is 7.90. The summed E-state index contributed by atoms with van der Waals surface area (Å²) in [5, 5.41) is 5.22. The number of halogens is 2. The number of nitrogens with two attached hydrogens (primary N) is 2. The molecule has 0 saturated heterocycles. The lowest BCUT2D eigenvalue weighted by molar-refractivity contribution is 0.101. The van der Waals surface area contributed by atoms with E-state index < -0.39 is 66.1 Å². The smallest absolute Gasteiger partial charge is 0.274 e. The van der Waals surface area contributed by atoms with Crippen molar-refractivity contribution in [3.63, 3.8) is 0 Å². The summed E-state index contributed by atoms with van der Waals surface area (Å²) in [6.45, 7) is 2.94. The third-order valence-corrected chi connectivity index (χ3v) is 13.0. The van der Waals surface area contributed by atoms with Crippen molar-refractivity contribution >= 4 is 55.2 Å². The number of amides is 2. The number of hydrogen-bond acceptors (Lipinski definition) is 14. The van der Waals surface area contributed by atoms with E-state index in [-0.39, 0.29) is 45.8 Å². The van der Waals surface area contributed by atoms with Crippen molar-refractivity contribution in [2.24, 2.45) is 21.5 Å². The molecule has 4 aromatic rings. The summed E-state index contributed by atoms with van der Waals surface area (Å²) in [4.78, 5) is 41.2. The second-order valence-electron chi connectivity index (χ2n) is 13.4. The highest BCUT2D eigenvalue weighted by Crippen LogP contribution is 2.36. The highest BCUT2D eigenvalue weighted by Gasteiger charge is 2.43. The van der Waals surface area contributed by atoms with Gasteiger partial charge in [-0.3, -0.25) is 9.59 Å². The summed E-state index contributed by atoms with van der Waals surface area (Å²) in [7, 11) is -2.01. The number of hydrogen-bond donors (Lipinski definition) is 4. The zero-order valence-electron chi connectivity index (χ0n) is 32.0. The number of aliphatic imine (C=N–C) groups is 2. The Balaban J connectivity index is 0.000000221. The Morgan fingerprint density at radius 1 is 0.672 bits per heavy atom. The first-order valence-electron chi connectivity index (χ1n) is 17.0. The number of carbonyl (C=O) groups is 2. The first kappa shape index (κ1) is 42.7. The van der Waals surface area contributed by atoms with E-state index in [1.165, 1.54) is 91.0 Å². The number of ether oxygens (including phenoxy) is 2. The van der Waals surface area contributed by atoms with Gasteiger partial charge in [-0.25, -0.2) is 54.2 Å². The molecule has 2 aliphatic rings. The third-order valence-electron chi connectivity index (χ3n) is 9.15. The molecule has 2 amide bonds. The lowest BCUT2D eigenvalue weighted by Crippen LogP contribution is -2.50. The van der Waals surface area contributed by atoms with E-state index in [1.54, 1.807) is 12.1 Å². The second-order valence-corrected chi connectivity index (χ2v) is 17.4. The van der Waals surface area contributed by atoms with Crippen molar-refractivity contribution in [1.82, 2.24) is 18.6 Å². The zero-order chi connectivity index (χ0) is 42.8. The summed E-state index contributed by atoms with van der Waals surface area (Å²) < 4.78 is 90.2. The molecule has 0 saturated carbocycles. The fraction of sp³-hybridized carbons (Fsp3) is 0.278. The van der Waals surface area contributed by atoms with Crippen LogP contribution < -0.4 is 31.6 Å². The number of nitrogens with one attached hydrogen (secondary N) is 2. The van der Waals surface area contributed by atoms with E-state index in [0.717, 1.165) is 20.7 Å². The number of benzene rings is 2. The predicted octanol–water partition coefficient (Wildman–Crippen LogP) is 2.57. The molecule has 0 unspecified atom stereocenters. The van der Waals surface area contributed by atoms with Gasteiger partial charge in [0.25, 0.3) is 11.8 Å². The van der Waals surface area contributed by atoms with Gasteiger partial charge in [-0.2, -0.15) is 0 Å². The summed E-state index contributed by atoms with van der Waals surface area (Å²) in [5.74, 6) is -2.78. The Morgan fingerprint density at radius 2 is 1.03 bits per heavy atom. The van der Waals surface area contributed by atoms with Crippen LogP contribution in [0.1, 0.15) is 46.0 Å². The topological polar surface area (TPSA) is 254 Å². The quantitative estimate of drug-likeness (QED) is 0.200. The van der Waals surface area contributed by atoms with E-state index in [0.29, 0.717) is 11.5 Å². The van der Waals surface area contributed by atoms with Crippen molar-refractivity contribution in [1.29, 1.82) is 0 Å². The van der Waals surface area contributed by atoms with Gasteiger partial charge in [-0.15, -0.1) is 0 Å². The van der Waals surface area contributed by atoms with Crippen molar-refractivity contribution in [3.8, 4) is 11.5 Å². The molecule has 0 bridgehead atoms. The minimum atomic E-state index is -3.77. The molecule has 2 atom stereocenters. The first-order chi connectivity index (χ1) is 27.1. The van der Waals surface area contributed by atoms with Crippen molar-refractivity contribution in [3.05, 3.63) is 107 Å². The van der Waals surface area contributed by atoms with E-state index in [4.69, 9.17) is 20.9 Å². The molecule has 22 heteroatoms. The van der Waals surface area contributed by atoms with Crippen LogP contribution in [-0.2, 0) is 31.1 Å². The monoisotopic (exact) mass is 842 g/mol. The standard InChI is InChI=1S/2C18H20FN5O4S/c2*1-18(10-29(26,27)24(2)17(20)23-18)13-8-11(4-6-14(13)19)22-16(25)15-7-5-12(28-3)9-21-15/h2*4-9H,10H2,1-3H3,(H2,20,23)(H,22,25)/t2*18-/m00/s1. The van der Waals surface area contributed by atoms with E-state index in [9.17, 15) is 35.2 Å². The van der Waals surface area contributed by atoms with Crippen LogP contribution in [0.4, 0.5) is 20.2 Å². The summed E-state index contributed by atoms with van der Waals surface area (Å²) in [6.07, 6.45) is 2.79. The first-order valence-corrected chi connectivity index (χ1v) is 20.2. The maximum absolute atomic E-state index is 14.6. The molecule has 6 rings (SSSR count). The molecule has 58 heavy (non-hydrogen) atoms. The maximum atomic E-state index is 14.6. The van der Waals surface area contributed by atoms with E-state index in [2.05, 4.69) is 30.6 Å². The molecule has 0 fully saturated rings. The largest absolute Gasteiger partial charge is 0.495 e. The van der Waals surface area contributed by atoms with Gasteiger partial charge >= 0.3 is 0 Å². The molecule has 0 radical (unpaired) electrons. The fourth-order valence-corrected chi connectivity index (χ4v) is 8.77. The van der Waals surface area contributed by atoms with Gasteiger partial charge in [0.2, 0.25) is 32.0 Å². The molecule has 18 nitrogen and oxygen atoms in total. The summed E-state index contributed by atoms with van der Waals surface area (Å²) in [6, 6.07) is 13.8. The average molecular weight is 843 g/mol. The number of carbonyl (C=O) groups excluding carboxylic acids is 2. The number of sulfonamides is 2. The molecular weight excluding hydrogens is 803 g/mol. The second kappa shape index (κ2) is 16.2. The van der Waals surface area contributed by atoms with E-state index >= 15 is 0 Å². The van der Waals surface area contributed by atoms with Crippen LogP contribution in [0.5, 0.6) is 11.5 Å². The van der Waals surface area contributed by atoms with Crippen LogP contribution in [0.15, 0.2) is 83.0 Å².